The van der Waals surface area contributed by atoms with Crippen molar-refractivity contribution in [3.8, 4) is 0 Å². The minimum atomic E-state index is 0.110. The molecule has 1 aromatic carbocycles. The number of rotatable bonds is 4. The Hall–Kier alpha value is -2.14. The molecule has 126 valence electrons. The summed E-state index contributed by atoms with van der Waals surface area (Å²) in [7, 11) is 1.69. The van der Waals surface area contributed by atoms with Crippen molar-refractivity contribution in [1.29, 1.82) is 0 Å². The molecule has 1 unspecified atom stereocenters. The number of aromatic nitrogens is 2. The van der Waals surface area contributed by atoms with E-state index < -0.39 is 0 Å². The smallest absolute Gasteiger partial charge is 0.223 e. The van der Waals surface area contributed by atoms with Crippen molar-refractivity contribution < 1.29 is 9.53 Å². The lowest BCUT2D eigenvalue weighted by Crippen LogP contribution is -2.43. The van der Waals surface area contributed by atoms with Crippen LogP contribution in [0.25, 0.3) is 0 Å². The van der Waals surface area contributed by atoms with Crippen molar-refractivity contribution in [1.82, 2.24) is 14.7 Å². The monoisotopic (exact) mass is 325 g/mol. The van der Waals surface area contributed by atoms with Gasteiger partial charge in [-0.25, -0.2) is 0 Å². The number of benzene rings is 1. The maximum absolute atomic E-state index is 12.8. The Bertz CT molecular complexity index is 715. The van der Waals surface area contributed by atoms with Crippen molar-refractivity contribution >= 4 is 5.91 Å². The van der Waals surface area contributed by atoms with Crippen molar-refractivity contribution in [2.75, 3.05) is 20.3 Å². The van der Waals surface area contributed by atoms with E-state index in [1.165, 1.54) is 11.1 Å². The quantitative estimate of drug-likeness (QED) is 0.866. The van der Waals surface area contributed by atoms with Gasteiger partial charge in [-0.05, 0) is 36.0 Å². The second kappa shape index (κ2) is 6.40. The molecule has 1 aromatic heterocycles. The average molecular weight is 325 g/mol. The minimum absolute atomic E-state index is 0.110. The van der Waals surface area contributed by atoms with E-state index in [4.69, 9.17) is 4.74 Å². The molecular weight excluding hydrogens is 302 g/mol. The predicted molar refractivity (Wildman–Crippen MR) is 90.5 cm³/mol. The van der Waals surface area contributed by atoms with Crippen LogP contribution in [-0.4, -0.2) is 40.8 Å². The molecule has 1 aliphatic heterocycles. The lowest BCUT2D eigenvalue weighted by Gasteiger charge is -2.34. The number of carbonyl (C=O) groups excluding carboxylic acids is 1. The SMILES string of the molecule is COCC1CN(C(=O)CC2Cc3ccccc3C2)Cc2ccnn21. The van der Waals surface area contributed by atoms with Gasteiger partial charge in [-0.1, -0.05) is 24.3 Å². The van der Waals surface area contributed by atoms with E-state index in [1.54, 1.807) is 13.3 Å². The van der Waals surface area contributed by atoms with Gasteiger partial charge in [0.25, 0.3) is 0 Å². The summed E-state index contributed by atoms with van der Waals surface area (Å²) in [6.07, 6.45) is 4.48. The summed E-state index contributed by atoms with van der Waals surface area (Å²) in [6, 6.07) is 10.7. The van der Waals surface area contributed by atoms with Crippen LogP contribution in [0.2, 0.25) is 0 Å². The molecule has 4 rings (SSSR count). The second-order valence-corrected chi connectivity index (χ2v) is 6.90. The molecule has 2 heterocycles. The van der Waals surface area contributed by atoms with Gasteiger partial charge in [0.1, 0.15) is 0 Å². The first-order valence-electron chi connectivity index (χ1n) is 8.60. The number of amides is 1. The number of ether oxygens (including phenoxy) is 1. The van der Waals surface area contributed by atoms with Gasteiger partial charge >= 0.3 is 0 Å². The van der Waals surface area contributed by atoms with E-state index in [-0.39, 0.29) is 11.9 Å². The summed E-state index contributed by atoms with van der Waals surface area (Å²) >= 11 is 0. The highest BCUT2D eigenvalue weighted by molar-refractivity contribution is 5.76. The fourth-order valence-corrected chi connectivity index (χ4v) is 4.06. The summed E-state index contributed by atoms with van der Waals surface area (Å²) < 4.78 is 7.31. The van der Waals surface area contributed by atoms with Gasteiger partial charge in [0.15, 0.2) is 0 Å². The molecule has 5 heteroatoms. The molecular formula is C19H23N3O2. The highest BCUT2D eigenvalue weighted by Crippen LogP contribution is 2.30. The summed E-state index contributed by atoms with van der Waals surface area (Å²) in [6.45, 7) is 1.91. The van der Waals surface area contributed by atoms with Crippen molar-refractivity contribution in [3.05, 3.63) is 53.3 Å². The van der Waals surface area contributed by atoms with Crippen LogP contribution in [0, 0.1) is 5.92 Å². The topological polar surface area (TPSA) is 47.4 Å². The number of nitrogens with zero attached hydrogens (tertiary/aromatic N) is 3. The third kappa shape index (κ3) is 2.84. The Morgan fingerprint density at radius 1 is 1.25 bits per heavy atom. The highest BCUT2D eigenvalue weighted by atomic mass is 16.5. The molecule has 0 saturated carbocycles. The fourth-order valence-electron chi connectivity index (χ4n) is 4.06. The number of fused-ring (bicyclic) bond motifs is 2. The first kappa shape index (κ1) is 15.4. The van der Waals surface area contributed by atoms with E-state index in [0.717, 1.165) is 18.5 Å². The van der Waals surface area contributed by atoms with Gasteiger partial charge in [0.2, 0.25) is 5.91 Å². The predicted octanol–water partition coefficient (Wildman–Crippen LogP) is 2.22. The van der Waals surface area contributed by atoms with E-state index in [9.17, 15) is 4.79 Å². The van der Waals surface area contributed by atoms with E-state index in [2.05, 4.69) is 29.4 Å². The van der Waals surface area contributed by atoms with Gasteiger partial charge in [0, 0.05) is 26.3 Å². The lowest BCUT2D eigenvalue weighted by atomic mass is 10.0. The third-order valence-corrected chi connectivity index (χ3v) is 5.19. The van der Waals surface area contributed by atoms with Gasteiger partial charge in [0.05, 0.1) is 24.9 Å². The normalized spacial score (nSPS) is 20.0. The van der Waals surface area contributed by atoms with E-state index in [1.807, 2.05) is 15.6 Å². The van der Waals surface area contributed by atoms with Crippen LogP contribution in [0.1, 0.15) is 29.3 Å². The summed E-state index contributed by atoms with van der Waals surface area (Å²) in [5.41, 5.74) is 3.90. The first-order chi connectivity index (χ1) is 11.7. The van der Waals surface area contributed by atoms with Crippen molar-refractivity contribution in [2.45, 2.75) is 31.8 Å². The molecule has 0 saturated heterocycles. The van der Waals surface area contributed by atoms with Gasteiger partial charge in [-0.15, -0.1) is 0 Å². The number of methoxy groups -OCH3 is 1. The molecule has 0 bridgehead atoms. The number of carbonyl (C=O) groups is 1. The van der Waals surface area contributed by atoms with Gasteiger partial charge < -0.3 is 9.64 Å². The van der Waals surface area contributed by atoms with Crippen LogP contribution >= 0.6 is 0 Å². The maximum Gasteiger partial charge on any atom is 0.223 e. The zero-order valence-electron chi connectivity index (χ0n) is 14.0. The van der Waals surface area contributed by atoms with Crippen molar-refractivity contribution in [3.63, 3.8) is 0 Å². The summed E-state index contributed by atoms with van der Waals surface area (Å²) in [4.78, 5) is 14.8. The van der Waals surface area contributed by atoms with Crippen LogP contribution in [0.15, 0.2) is 36.5 Å². The zero-order valence-corrected chi connectivity index (χ0v) is 14.0. The summed E-state index contributed by atoms with van der Waals surface area (Å²) in [5.74, 6) is 0.684. The minimum Gasteiger partial charge on any atom is -0.382 e. The van der Waals surface area contributed by atoms with Gasteiger partial charge in [-0.2, -0.15) is 5.10 Å². The molecule has 5 nitrogen and oxygen atoms in total. The van der Waals surface area contributed by atoms with Crippen LogP contribution in [0.3, 0.4) is 0 Å². The number of hydrogen-bond donors (Lipinski definition) is 0. The molecule has 0 radical (unpaired) electrons. The van der Waals surface area contributed by atoms with Crippen LogP contribution in [-0.2, 0) is 28.9 Å². The standard InChI is InChI=1S/C19H23N3O2/c1-24-13-18-12-21(11-17-6-7-20-22(17)18)19(23)10-14-8-15-4-2-3-5-16(15)9-14/h2-7,14,18H,8-13H2,1H3. The largest absolute Gasteiger partial charge is 0.382 e. The fraction of sp³-hybridized carbons (Fsp3) is 0.474. The molecule has 24 heavy (non-hydrogen) atoms. The Kier molecular flexibility index (Phi) is 4.10. The highest BCUT2D eigenvalue weighted by Gasteiger charge is 2.31. The molecule has 1 amide bonds. The van der Waals surface area contributed by atoms with E-state index >= 15 is 0 Å². The van der Waals surface area contributed by atoms with E-state index in [0.29, 0.717) is 32.0 Å². The van der Waals surface area contributed by atoms with Gasteiger partial charge in [-0.3, -0.25) is 9.48 Å². The molecule has 1 atom stereocenters. The lowest BCUT2D eigenvalue weighted by molar-refractivity contribution is -0.134. The Labute approximate surface area is 142 Å². The average Bonchev–Trinajstić information content (AvgIpc) is 3.20. The number of hydrogen-bond acceptors (Lipinski definition) is 3. The third-order valence-electron chi connectivity index (χ3n) is 5.19. The Morgan fingerprint density at radius 3 is 2.71 bits per heavy atom. The molecule has 0 N–H and O–H groups in total. The van der Waals surface area contributed by atoms with Crippen LogP contribution < -0.4 is 0 Å². The summed E-state index contributed by atoms with van der Waals surface area (Å²) in [5, 5.41) is 4.38. The molecule has 2 aromatic rings. The molecule has 0 fully saturated rings. The first-order valence-corrected chi connectivity index (χ1v) is 8.60. The molecule has 2 aliphatic rings. The van der Waals surface area contributed by atoms with Crippen molar-refractivity contribution in [2.24, 2.45) is 5.92 Å². The maximum atomic E-state index is 12.8. The Morgan fingerprint density at radius 2 is 2.00 bits per heavy atom. The van der Waals surface area contributed by atoms with Crippen LogP contribution in [0.5, 0.6) is 0 Å². The van der Waals surface area contributed by atoms with Crippen LogP contribution in [0.4, 0.5) is 0 Å². The zero-order chi connectivity index (χ0) is 16.5. The molecule has 0 spiro atoms. The molecule has 1 aliphatic carbocycles. The Balaban J connectivity index is 1.42. The second-order valence-electron chi connectivity index (χ2n) is 6.90.